The minimum Gasteiger partial charge on any atom is -0.396 e. The highest BCUT2D eigenvalue weighted by Crippen LogP contribution is 2.27. The van der Waals surface area contributed by atoms with Crippen LogP contribution in [0.4, 0.5) is 10.1 Å². The van der Waals surface area contributed by atoms with Gasteiger partial charge >= 0.3 is 0 Å². The molecule has 1 fully saturated rings. The summed E-state index contributed by atoms with van der Waals surface area (Å²) < 4.78 is 13.9. The Labute approximate surface area is 118 Å². The predicted octanol–water partition coefficient (Wildman–Crippen LogP) is 2.20. The summed E-state index contributed by atoms with van der Waals surface area (Å²) in [7, 11) is 0. The first-order valence-electron chi connectivity index (χ1n) is 6.60. The maximum atomic E-state index is 13.9. The third kappa shape index (κ3) is 3.22. The summed E-state index contributed by atoms with van der Waals surface area (Å²) in [5.41, 5.74) is 6.59. The number of hydrogen-bond donors (Lipinski definition) is 2. The summed E-state index contributed by atoms with van der Waals surface area (Å²) >= 11 is 4.81. The van der Waals surface area contributed by atoms with Gasteiger partial charge in [0.1, 0.15) is 10.8 Å². The van der Waals surface area contributed by atoms with Crippen LogP contribution < -0.4 is 10.6 Å². The second-order valence-electron chi connectivity index (χ2n) is 4.88. The lowest BCUT2D eigenvalue weighted by molar-refractivity contribution is 0.262. The largest absolute Gasteiger partial charge is 0.396 e. The fourth-order valence-corrected chi connectivity index (χ4v) is 2.84. The number of aliphatic hydroxyl groups is 1. The van der Waals surface area contributed by atoms with Crippen LogP contribution in [0.3, 0.4) is 0 Å². The monoisotopic (exact) mass is 282 g/mol. The van der Waals surface area contributed by atoms with Crippen molar-refractivity contribution in [2.75, 3.05) is 18.1 Å². The van der Waals surface area contributed by atoms with Gasteiger partial charge in [-0.1, -0.05) is 12.2 Å². The van der Waals surface area contributed by atoms with Crippen molar-refractivity contribution in [2.24, 2.45) is 5.73 Å². The molecular weight excluding hydrogens is 263 g/mol. The molecule has 1 aromatic rings. The van der Waals surface area contributed by atoms with E-state index in [-0.39, 0.29) is 29.0 Å². The first-order chi connectivity index (χ1) is 9.13. The third-order valence-corrected chi connectivity index (χ3v) is 3.86. The molecule has 0 radical (unpaired) electrons. The number of piperidine rings is 1. The minimum absolute atomic E-state index is 0.0783. The molecule has 5 heteroatoms. The van der Waals surface area contributed by atoms with Gasteiger partial charge in [-0.3, -0.25) is 0 Å². The molecule has 0 bridgehead atoms. The number of thiocarbonyl (C=S) groups is 1. The molecule has 0 saturated carbocycles. The topological polar surface area (TPSA) is 49.5 Å². The van der Waals surface area contributed by atoms with E-state index < -0.39 is 0 Å². The van der Waals surface area contributed by atoms with Crippen molar-refractivity contribution < 1.29 is 9.50 Å². The number of nitrogens with two attached hydrogens (primary N) is 1. The maximum absolute atomic E-state index is 13.9. The number of anilines is 1. The Balaban J connectivity index is 2.24. The van der Waals surface area contributed by atoms with E-state index in [1.54, 1.807) is 6.07 Å². The average Bonchev–Trinajstić information content (AvgIpc) is 2.39. The van der Waals surface area contributed by atoms with Crippen molar-refractivity contribution in [3.8, 4) is 0 Å². The maximum Gasteiger partial charge on any atom is 0.135 e. The van der Waals surface area contributed by atoms with Gasteiger partial charge in [0.2, 0.25) is 0 Å². The highest BCUT2D eigenvalue weighted by molar-refractivity contribution is 7.80. The lowest BCUT2D eigenvalue weighted by Crippen LogP contribution is -2.40. The van der Waals surface area contributed by atoms with E-state index >= 15 is 0 Å². The van der Waals surface area contributed by atoms with Crippen LogP contribution >= 0.6 is 12.2 Å². The van der Waals surface area contributed by atoms with E-state index in [4.69, 9.17) is 23.1 Å². The Morgan fingerprint density at radius 2 is 2.26 bits per heavy atom. The number of halogens is 1. The number of hydrogen-bond acceptors (Lipinski definition) is 3. The van der Waals surface area contributed by atoms with Gasteiger partial charge in [-0.05, 0) is 43.9 Å². The van der Waals surface area contributed by atoms with E-state index in [0.717, 1.165) is 37.9 Å². The molecule has 3 N–H and O–H groups in total. The van der Waals surface area contributed by atoms with Gasteiger partial charge in [-0.2, -0.15) is 0 Å². The highest BCUT2D eigenvalue weighted by Gasteiger charge is 2.23. The minimum atomic E-state index is -0.377. The second kappa shape index (κ2) is 6.30. The zero-order valence-corrected chi connectivity index (χ0v) is 11.6. The van der Waals surface area contributed by atoms with Crippen LogP contribution in [0.25, 0.3) is 0 Å². The first kappa shape index (κ1) is 14.2. The van der Waals surface area contributed by atoms with Crippen molar-refractivity contribution in [3.05, 3.63) is 29.6 Å². The standard InChI is InChI=1S/C14H19FN2OS/c15-13-9-11(4-5-12(13)14(16)19)17-7-2-1-3-10(17)6-8-18/h4-5,9-10,18H,1-3,6-8H2,(H2,16,19). The van der Waals surface area contributed by atoms with E-state index in [0.29, 0.717) is 0 Å². The fourth-order valence-electron chi connectivity index (χ4n) is 2.67. The Hall–Kier alpha value is -1.20. The van der Waals surface area contributed by atoms with Gasteiger partial charge < -0.3 is 15.7 Å². The summed E-state index contributed by atoms with van der Waals surface area (Å²) in [6.45, 7) is 1.06. The Kier molecular flexibility index (Phi) is 4.71. The summed E-state index contributed by atoms with van der Waals surface area (Å²) in [5.74, 6) is -0.377. The Bertz CT molecular complexity index is 465. The second-order valence-corrected chi connectivity index (χ2v) is 5.32. The van der Waals surface area contributed by atoms with Gasteiger partial charge in [-0.25, -0.2) is 4.39 Å². The number of rotatable bonds is 4. The molecule has 19 heavy (non-hydrogen) atoms. The lowest BCUT2D eigenvalue weighted by Gasteiger charge is -2.37. The summed E-state index contributed by atoms with van der Waals surface area (Å²) in [5, 5.41) is 9.12. The van der Waals surface area contributed by atoms with Crippen LogP contribution in [0.5, 0.6) is 0 Å². The van der Waals surface area contributed by atoms with Crippen LogP contribution in [-0.2, 0) is 0 Å². The SMILES string of the molecule is NC(=S)c1ccc(N2CCCCC2CCO)cc1F. The number of benzene rings is 1. The molecule has 0 amide bonds. The molecule has 0 spiro atoms. The zero-order chi connectivity index (χ0) is 13.8. The van der Waals surface area contributed by atoms with Crippen molar-refractivity contribution in [1.29, 1.82) is 0 Å². The Morgan fingerprint density at radius 3 is 2.89 bits per heavy atom. The summed E-state index contributed by atoms with van der Waals surface area (Å²) in [4.78, 5) is 2.25. The molecule has 3 nitrogen and oxygen atoms in total. The fraction of sp³-hybridized carbons (Fsp3) is 0.500. The molecular formula is C14H19FN2OS. The van der Waals surface area contributed by atoms with Gasteiger partial charge in [-0.15, -0.1) is 0 Å². The van der Waals surface area contributed by atoms with Crippen molar-refractivity contribution in [2.45, 2.75) is 31.7 Å². The van der Waals surface area contributed by atoms with E-state index in [9.17, 15) is 4.39 Å². The molecule has 1 unspecified atom stereocenters. The van der Waals surface area contributed by atoms with Crippen LogP contribution in [0.1, 0.15) is 31.2 Å². The molecule has 0 aliphatic carbocycles. The summed E-state index contributed by atoms with van der Waals surface area (Å²) in [6, 6.07) is 5.27. The van der Waals surface area contributed by atoms with Crippen LogP contribution in [0.2, 0.25) is 0 Å². The van der Waals surface area contributed by atoms with Crippen LogP contribution in [0, 0.1) is 5.82 Å². The predicted molar refractivity (Wildman–Crippen MR) is 79.0 cm³/mol. The molecule has 1 saturated heterocycles. The number of aliphatic hydroxyl groups excluding tert-OH is 1. The molecule has 1 aliphatic heterocycles. The molecule has 1 heterocycles. The van der Waals surface area contributed by atoms with Crippen molar-refractivity contribution >= 4 is 22.9 Å². The van der Waals surface area contributed by atoms with Gasteiger partial charge in [0, 0.05) is 30.4 Å². The lowest BCUT2D eigenvalue weighted by atomic mass is 9.98. The average molecular weight is 282 g/mol. The molecule has 1 aromatic carbocycles. The Morgan fingerprint density at radius 1 is 1.47 bits per heavy atom. The highest BCUT2D eigenvalue weighted by atomic mass is 32.1. The molecule has 2 rings (SSSR count). The first-order valence-corrected chi connectivity index (χ1v) is 7.01. The summed E-state index contributed by atoms with van der Waals surface area (Å²) in [6.07, 6.45) is 4.02. The van der Waals surface area contributed by atoms with Crippen LogP contribution in [0.15, 0.2) is 18.2 Å². The van der Waals surface area contributed by atoms with Crippen molar-refractivity contribution in [1.82, 2.24) is 0 Å². The zero-order valence-electron chi connectivity index (χ0n) is 10.8. The van der Waals surface area contributed by atoms with Gasteiger partial charge in [0.25, 0.3) is 0 Å². The quantitative estimate of drug-likeness (QED) is 0.831. The van der Waals surface area contributed by atoms with Gasteiger partial charge in [0.05, 0.1) is 0 Å². The van der Waals surface area contributed by atoms with Crippen LogP contribution in [-0.4, -0.2) is 29.3 Å². The normalized spacial score (nSPS) is 19.5. The molecule has 1 atom stereocenters. The number of nitrogens with zero attached hydrogens (tertiary/aromatic N) is 1. The van der Waals surface area contributed by atoms with Crippen molar-refractivity contribution in [3.63, 3.8) is 0 Å². The smallest absolute Gasteiger partial charge is 0.135 e. The molecule has 0 aromatic heterocycles. The molecule has 104 valence electrons. The van der Waals surface area contributed by atoms with E-state index in [1.165, 1.54) is 6.07 Å². The van der Waals surface area contributed by atoms with Gasteiger partial charge in [0.15, 0.2) is 0 Å². The third-order valence-electron chi connectivity index (χ3n) is 3.64. The molecule has 1 aliphatic rings. The van der Waals surface area contributed by atoms with E-state index in [2.05, 4.69) is 4.90 Å². The van der Waals surface area contributed by atoms with E-state index in [1.807, 2.05) is 6.07 Å².